The monoisotopic (exact) mass is 294 g/mol. The molecule has 1 amide bonds. The van der Waals surface area contributed by atoms with Crippen LogP contribution in [0.2, 0.25) is 0 Å². The summed E-state index contributed by atoms with van der Waals surface area (Å²) in [5.74, 6) is -0.950. The maximum atomic E-state index is 12.4. The van der Waals surface area contributed by atoms with E-state index in [4.69, 9.17) is 14.6 Å². The molecule has 1 aromatic heterocycles. The summed E-state index contributed by atoms with van der Waals surface area (Å²) in [6, 6.07) is 2.33. The smallest absolute Gasteiger partial charge is 0.326 e. The first-order valence-corrected chi connectivity index (χ1v) is 6.75. The number of aromatic nitrogens is 1. The zero-order valence-electron chi connectivity index (χ0n) is 11.8. The summed E-state index contributed by atoms with van der Waals surface area (Å²) in [4.78, 5) is 28.9. The highest BCUT2D eigenvalue weighted by molar-refractivity contribution is 5.97. The van der Waals surface area contributed by atoms with Gasteiger partial charge in [0.25, 0.3) is 5.91 Å². The van der Waals surface area contributed by atoms with Gasteiger partial charge in [0.15, 0.2) is 0 Å². The molecule has 1 aliphatic heterocycles. The minimum Gasteiger partial charge on any atom is -0.480 e. The molecule has 1 N–H and O–H groups in total. The summed E-state index contributed by atoms with van der Waals surface area (Å²) in [6.45, 7) is 1.22. The number of hydrogen-bond donors (Lipinski definition) is 1. The van der Waals surface area contributed by atoms with E-state index in [0.717, 1.165) is 0 Å². The summed E-state index contributed by atoms with van der Waals surface area (Å²) in [6.07, 6.45) is 2.66. The second-order valence-electron chi connectivity index (χ2n) is 4.72. The molecule has 1 fully saturated rings. The lowest BCUT2D eigenvalue weighted by molar-refractivity contribution is -0.141. The van der Waals surface area contributed by atoms with Crippen LogP contribution < -0.4 is 4.74 Å². The molecule has 2 rings (SSSR count). The molecular formula is C14H18N2O5. The molecule has 1 unspecified atom stereocenters. The third-order valence-corrected chi connectivity index (χ3v) is 3.32. The highest BCUT2D eigenvalue weighted by Gasteiger charge is 2.34. The van der Waals surface area contributed by atoms with Crippen molar-refractivity contribution in [1.82, 2.24) is 9.88 Å². The van der Waals surface area contributed by atoms with Crippen LogP contribution in [-0.4, -0.2) is 59.8 Å². The minimum atomic E-state index is -0.966. The molecule has 1 aliphatic rings. The summed E-state index contributed by atoms with van der Waals surface area (Å²) >= 11 is 0. The molecule has 0 radical (unpaired) electrons. The van der Waals surface area contributed by atoms with Gasteiger partial charge in [0.05, 0.1) is 6.61 Å². The van der Waals surface area contributed by atoms with E-state index < -0.39 is 12.0 Å². The highest BCUT2D eigenvalue weighted by Crippen LogP contribution is 2.21. The molecule has 0 saturated carbocycles. The van der Waals surface area contributed by atoms with Gasteiger partial charge in [0, 0.05) is 31.5 Å². The molecule has 7 nitrogen and oxygen atoms in total. The van der Waals surface area contributed by atoms with Crippen LogP contribution in [-0.2, 0) is 9.53 Å². The number of carboxylic acid groups (broad SMARTS) is 1. The first-order valence-electron chi connectivity index (χ1n) is 6.75. The van der Waals surface area contributed by atoms with Crippen molar-refractivity contribution >= 4 is 11.9 Å². The number of carbonyl (C=O) groups excluding carboxylic acids is 1. The maximum Gasteiger partial charge on any atom is 0.326 e. The van der Waals surface area contributed by atoms with E-state index in [1.807, 2.05) is 0 Å². The van der Waals surface area contributed by atoms with Crippen molar-refractivity contribution < 1.29 is 24.2 Å². The van der Waals surface area contributed by atoms with E-state index in [1.54, 1.807) is 13.2 Å². The number of carboxylic acids is 1. The van der Waals surface area contributed by atoms with E-state index in [2.05, 4.69) is 4.98 Å². The quantitative estimate of drug-likeness (QED) is 0.780. The van der Waals surface area contributed by atoms with Gasteiger partial charge in [-0.25, -0.2) is 9.78 Å². The number of nitrogens with zero attached hydrogens (tertiary/aromatic N) is 2. The van der Waals surface area contributed by atoms with Gasteiger partial charge in [-0.15, -0.1) is 0 Å². The van der Waals surface area contributed by atoms with Gasteiger partial charge >= 0.3 is 5.97 Å². The number of aliphatic carboxylic acids is 1. The van der Waals surface area contributed by atoms with Gasteiger partial charge in [-0.1, -0.05) is 0 Å². The number of pyridine rings is 1. The van der Waals surface area contributed by atoms with E-state index in [0.29, 0.717) is 44.0 Å². The molecule has 1 aromatic rings. The fraction of sp³-hybridized carbons (Fsp3) is 0.500. The van der Waals surface area contributed by atoms with Crippen LogP contribution in [0.25, 0.3) is 0 Å². The van der Waals surface area contributed by atoms with Crippen molar-refractivity contribution in [3.63, 3.8) is 0 Å². The Kier molecular flexibility index (Phi) is 5.10. The molecule has 7 heteroatoms. The molecule has 1 saturated heterocycles. The average Bonchev–Trinajstić information content (AvgIpc) is 2.97. The Morgan fingerprint density at radius 1 is 1.48 bits per heavy atom. The van der Waals surface area contributed by atoms with E-state index in [9.17, 15) is 9.59 Å². The first-order chi connectivity index (χ1) is 10.1. The standard InChI is InChI=1S/C14H18N2O5/c1-20-7-8-21-12-9-10(4-5-15-12)13(17)16-6-2-3-11(16)14(18)19/h4-5,9,11H,2-3,6-8H2,1H3,(H,18,19). The first kappa shape index (κ1) is 15.2. The van der Waals surface area contributed by atoms with E-state index >= 15 is 0 Å². The Morgan fingerprint density at radius 2 is 2.29 bits per heavy atom. The van der Waals surface area contributed by atoms with Crippen LogP contribution in [0.5, 0.6) is 5.88 Å². The summed E-state index contributed by atoms with van der Waals surface area (Å²) in [7, 11) is 1.57. The molecular weight excluding hydrogens is 276 g/mol. The Bertz CT molecular complexity index is 520. The number of ether oxygens (including phenoxy) is 2. The minimum absolute atomic E-state index is 0.307. The number of amides is 1. The van der Waals surface area contributed by atoms with E-state index in [-0.39, 0.29) is 5.91 Å². The molecule has 21 heavy (non-hydrogen) atoms. The SMILES string of the molecule is COCCOc1cc(C(=O)N2CCCC2C(=O)O)ccn1. The van der Waals surface area contributed by atoms with Gasteiger partial charge in [-0.05, 0) is 18.9 Å². The molecule has 0 aliphatic carbocycles. The number of methoxy groups -OCH3 is 1. The van der Waals surface area contributed by atoms with Crippen LogP contribution >= 0.6 is 0 Å². The number of carbonyl (C=O) groups is 2. The second-order valence-corrected chi connectivity index (χ2v) is 4.72. The molecule has 0 aromatic carbocycles. The molecule has 114 valence electrons. The van der Waals surface area contributed by atoms with Crippen molar-refractivity contribution in [2.45, 2.75) is 18.9 Å². The lowest BCUT2D eigenvalue weighted by Crippen LogP contribution is -2.40. The van der Waals surface area contributed by atoms with Gasteiger partial charge in [-0.3, -0.25) is 4.79 Å². The van der Waals surface area contributed by atoms with E-state index in [1.165, 1.54) is 17.2 Å². The van der Waals surface area contributed by atoms with Gasteiger partial charge in [0.1, 0.15) is 12.6 Å². The third-order valence-electron chi connectivity index (χ3n) is 3.32. The number of rotatable bonds is 6. The third kappa shape index (κ3) is 3.69. The lowest BCUT2D eigenvalue weighted by Gasteiger charge is -2.21. The largest absolute Gasteiger partial charge is 0.480 e. The number of likely N-dealkylation sites (tertiary alicyclic amines) is 1. The Morgan fingerprint density at radius 3 is 3.00 bits per heavy atom. The predicted octanol–water partition coefficient (Wildman–Crippen LogP) is 0.796. The Balaban J connectivity index is 2.08. The zero-order chi connectivity index (χ0) is 15.2. The molecule has 1 atom stereocenters. The average molecular weight is 294 g/mol. The van der Waals surface area contributed by atoms with Crippen LogP contribution in [0.1, 0.15) is 23.2 Å². The van der Waals surface area contributed by atoms with Gasteiger partial charge < -0.3 is 19.5 Å². The van der Waals surface area contributed by atoms with Crippen molar-refractivity contribution in [3.05, 3.63) is 23.9 Å². The maximum absolute atomic E-state index is 12.4. The van der Waals surface area contributed by atoms with Crippen molar-refractivity contribution in [1.29, 1.82) is 0 Å². The van der Waals surface area contributed by atoms with Gasteiger partial charge in [-0.2, -0.15) is 0 Å². The summed E-state index contributed by atoms with van der Waals surface area (Å²) in [5.41, 5.74) is 0.380. The number of hydrogen-bond acceptors (Lipinski definition) is 5. The normalized spacial score (nSPS) is 17.8. The van der Waals surface area contributed by atoms with Crippen molar-refractivity contribution in [3.8, 4) is 5.88 Å². The Hall–Kier alpha value is -2.15. The van der Waals surface area contributed by atoms with Crippen LogP contribution in [0, 0.1) is 0 Å². The molecule has 2 heterocycles. The fourth-order valence-corrected chi connectivity index (χ4v) is 2.28. The van der Waals surface area contributed by atoms with Crippen LogP contribution in [0.4, 0.5) is 0 Å². The predicted molar refractivity (Wildman–Crippen MR) is 73.3 cm³/mol. The summed E-state index contributed by atoms with van der Waals surface area (Å²) < 4.78 is 10.2. The molecule has 0 bridgehead atoms. The lowest BCUT2D eigenvalue weighted by atomic mass is 10.2. The second kappa shape index (κ2) is 7.03. The zero-order valence-corrected chi connectivity index (χ0v) is 11.8. The van der Waals surface area contributed by atoms with Crippen LogP contribution in [0.15, 0.2) is 18.3 Å². The highest BCUT2D eigenvalue weighted by atomic mass is 16.5. The van der Waals surface area contributed by atoms with Crippen molar-refractivity contribution in [2.24, 2.45) is 0 Å². The fourth-order valence-electron chi connectivity index (χ4n) is 2.28. The molecule has 0 spiro atoms. The van der Waals surface area contributed by atoms with Gasteiger partial charge in [0.2, 0.25) is 5.88 Å². The van der Waals surface area contributed by atoms with Crippen LogP contribution in [0.3, 0.4) is 0 Å². The Labute approximate surface area is 122 Å². The topological polar surface area (TPSA) is 89.0 Å². The van der Waals surface area contributed by atoms with Crippen molar-refractivity contribution in [2.75, 3.05) is 26.9 Å². The summed E-state index contributed by atoms with van der Waals surface area (Å²) in [5, 5.41) is 9.13.